The summed E-state index contributed by atoms with van der Waals surface area (Å²) in [6.07, 6.45) is 3.97. The Hall–Kier alpha value is -1.79. The number of nitrogens with one attached hydrogen (secondary N) is 1. The van der Waals surface area contributed by atoms with Crippen LogP contribution in [0.25, 0.3) is 0 Å². The van der Waals surface area contributed by atoms with E-state index in [-0.39, 0.29) is 11.5 Å². The fourth-order valence-corrected chi connectivity index (χ4v) is 4.77. The Labute approximate surface area is 162 Å². The molecule has 1 unspecified atom stereocenters. The van der Waals surface area contributed by atoms with Gasteiger partial charge in [-0.25, -0.2) is 4.79 Å². The highest BCUT2D eigenvalue weighted by Crippen LogP contribution is 2.51. The summed E-state index contributed by atoms with van der Waals surface area (Å²) in [5.74, 6) is 0.585. The van der Waals surface area contributed by atoms with E-state index in [2.05, 4.69) is 49.1 Å². The molecule has 1 aromatic carbocycles. The molecule has 3 atom stereocenters. The number of anilines is 1. The molecule has 6 nitrogen and oxygen atoms in total. The first-order valence-corrected chi connectivity index (χ1v) is 10.1. The van der Waals surface area contributed by atoms with Crippen LogP contribution in [0.1, 0.15) is 51.5 Å². The maximum absolute atomic E-state index is 12.1. The van der Waals surface area contributed by atoms with Gasteiger partial charge in [0.25, 0.3) is 0 Å². The van der Waals surface area contributed by atoms with Gasteiger partial charge in [0.1, 0.15) is 5.75 Å². The lowest BCUT2D eigenvalue weighted by Crippen LogP contribution is -2.45. The first kappa shape index (κ1) is 20.0. The molecular formula is C21H33N3O3. The van der Waals surface area contributed by atoms with E-state index in [1.54, 1.807) is 0 Å². The molecule has 1 amide bonds. The number of aliphatic hydroxyl groups is 1. The number of amides is 1. The number of likely N-dealkylation sites (N-methyl/N-ethyl adjacent to an activating group) is 2. The minimum absolute atomic E-state index is 0.0596. The highest BCUT2D eigenvalue weighted by molar-refractivity contribution is 5.72. The summed E-state index contributed by atoms with van der Waals surface area (Å²) < 4.78 is 5.51. The minimum atomic E-state index is -0.434. The maximum atomic E-state index is 12.1. The van der Waals surface area contributed by atoms with Crippen LogP contribution in [0.2, 0.25) is 0 Å². The number of hydrogen-bond donors (Lipinski definition) is 2. The molecule has 1 fully saturated rings. The number of carbonyl (C=O) groups is 1. The van der Waals surface area contributed by atoms with Crippen LogP contribution in [0.5, 0.6) is 5.75 Å². The molecule has 0 aromatic heterocycles. The molecule has 0 radical (unpaired) electrons. The molecule has 0 spiro atoms. The Bertz CT molecular complexity index is 681. The number of carbonyl (C=O) groups excluding carboxylic acids is 1. The van der Waals surface area contributed by atoms with Crippen molar-refractivity contribution >= 4 is 11.8 Å². The van der Waals surface area contributed by atoms with Gasteiger partial charge in [0.15, 0.2) is 0 Å². The number of rotatable bonds is 7. The standard InChI is InChI=1S/C21H33N3O3/c1-5-7-15(25)8-6-12-22-20(26)27-16-9-10-18-17(14-16)21(2)11-13-23(3)19(21)24(18)4/h9-10,14-15,19,25H,5-8,11-13H2,1-4H3,(H,22,26)/t15?,19-,21+/m1/s1. The molecule has 27 heavy (non-hydrogen) atoms. The number of benzene rings is 1. The third kappa shape index (κ3) is 3.92. The number of likely N-dealkylation sites (tertiary alicyclic amines) is 1. The number of hydrogen-bond acceptors (Lipinski definition) is 5. The van der Waals surface area contributed by atoms with Crippen LogP contribution in [0, 0.1) is 0 Å². The van der Waals surface area contributed by atoms with Crippen molar-refractivity contribution in [2.75, 3.05) is 32.1 Å². The van der Waals surface area contributed by atoms with Crippen molar-refractivity contribution in [1.82, 2.24) is 10.2 Å². The van der Waals surface area contributed by atoms with Crippen LogP contribution in [0.3, 0.4) is 0 Å². The highest BCUT2D eigenvalue weighted by atomic mass is 16.6. The molecule has 0 saturated carbocycles. The van der Waals surface area contributed by atoms with E-state index in [4.69, 9.17) is 4.74 Å². The van der Waals surface area contributed by atoms with Gasteiger partial charge in [-0.05, 0) is 56.5 Å². The Morgan fingerprint density at radius 3 is 2.93 bits per heavy atom. The lowest BCUT2D eigenvalue weighted by Gasteiger charge is -2.32. The van der Waals surface area contributed by atoms with Gasteiger partial charge in [-0.2, -0.15) is 0 Å². The van der Waals surface area contributed by atoms with E-state index >= 15 is 0 Å². The van der Waals surface area contributed by atoms with Crippen LogP contribution in [0.4, 0.5) is 10.5 Å². The largest absolute Gasteiger partial charge is 0.412 e. The van der Waals surface area contributed by atoms with Gasteiger partial charge in [0.05, 0.1) is 12.3 Å². The fraction of sp³-hybridized carbons (Fsp3) is 0.667. The van der Waals surface area contributed by atoms with E-state index in [9.17, 15) is 9.90 Å². The Morgan fingerprint density at radius 1 is 1.41 bits per heavy atom. The second-order valence-electron chi connectivity index (χ2n) is 8.21. The summed E-state index contributed by atoms with van der Waals surface area (Å²) in [4.78, 5) is 16.8. The average molecular weight is 376 g/mol. The van der Waals surface area contributed by atoms with Crippen molar-refractivity contribution in [1.29, 1.82) is 0 Å². The zero-order valence-corrected chi connectivity index (χ0v) is 17.0. The first-order valence-electron chi connectivity index (χ1n) is 10.1. The lowest BCUT2D eigenvalue weighted by molar-refractivity contribution is 0.150. The molecule has 2 aliphatic rings. The predicted octanol–water partition coefficient (Wildman–Crippen LogP) is 3.09. The molecule has 6 heteroatoms. The topological polar surface area (TPSA) is 65.0 Å². The van der Waals surface area contributed by atoms with E-state index in [1.165, 1.54) is 11.3 Å². The second kappa shape index (κ2) is 8.07. The third-order valence-electron chi connectivity index (χ3n) is 6.12. The quantitative estimate of drug-likeness (QED) is 0.717. The number of nitrogens with zero attached hydrogens (tertiary/aromatic N) is 2. The van der Waals surface area contributed by atoms with E-state index in [0.29, 0.717) is 24.9 Å². The van der Waals surface area contributed by atoms with Gasteiger partial charge in [0.2, 0.25) is 0 Å². The normalized spacial score (nSPS) is 25.2. The first-order chi connectivity index (χ1) is 12.9. The van der Waals surface area contributed by atoms with Crippen molar-refractivity contribution in [2.45, 2.75) is 63.6 Å². The lowest BCUT2D eigenvalue weighted by atomic mass is 9.81. The zero-order chi connectivity index (χ0) is 19.6. The molecule has 0 bridgehead atoms. The van der Waals surface area contributed by atoms with Crippen LogP contribution in [-0.2, 0) is 5.41 Å². The van der Waals surface area contributed by atoms with Crippen LogP contribution in [0.15, 0.2) is 18.2 Å². The minimum Gasteiger partial charge on any atom is -0.410 e. The van der Waals surface area contributed by atoms with Crippen molar-refractivity contribution in [3.05, 3.63) is 23.8 Å². The molecule has 2 heterocycles. The Balaban J connectivity index is 1.57. The van der Waals surface area contributed by atoms with Gasteiger partial charge in [-0.3, -0.25) is 4.90 Å². The van der Waals surface area contributed by atoms with Gasteiger partial charge in [0, 0.05) is 31.2 Å². The van der Waals surface area contributed by atoms with Gasteiger partial charge >= 0.3 is 6.09 Å². The van der Waals surface area contributed by atoms with Crippen molar-refractivity contribution in [3.8, 4) is 5.75 Å². The fourth-order valence-electron chi connectivity index (χ4n) is 4.77. The highest BCUT2D eigenvalue weighted by Gasteiger charge is 2.52. The monoisotopic (exact) mass is 375 g/mol. The SMILES string of the molecule is CCCC(O)CCCNC(=O)Oc1ccc2c(c1)[C@]1(C)CCN(C)[C@@H]1N2C. The summed E-state index contributed by atoms with van der Waals surface area (Å²) in [5, 5.41) is 12.5. The Kier molecular flexibility index (Phi) is 5.96. The molecule has 2 N–H and O–H groups in total. The molecule has 0 aliphatic carbocycles. The molecule has 2 aliphatic heterocycles. The Morgan fingerprint density at radius 2 is 2.19 bits per heavy atom. The van der Waals surface area contributed by atoms with Crippen LogP contribution in [-0.4, -0.2) is 55.6 Å². The summed E-state index contributed by atoms with van der Waals surface area (Å²) >= 11 is 0. The summed E-state index contributed by atoms with van der Waals surface area (Å²) in [7, 11) is 4.30. The van der Waals surface area contributed by atoms with Gasteiger partial charge < -0.3 is 20.1 Å². The molecule has 1 aromatic rings. The third-order valence-corrected chi connectivity index (χ3v) is 6.12. The summed E-state index contributed by atoms with van der Waals surface area (Å²) in [5.41, 5.74) is 2.53. The van der Waals surface area contributed by atoms with Gasteiger partial charge in [-0.15, -0.1) is 0 Å². The molecule has 1 saturated heterocycles. The molecule has 150 valence electrons. The van der Waals surface area contributed by atoms with Crippen LogP contribution < -0.4 is 15.0 Å². The summed E-state index contributed by atoms with van der Waals surface area (Å²) in [6.45, 7) is 5.94. The van der Waals surface area contributed by atoms with Crippen LogP contribution >= 0.6 is 0 Å². The van der Waals surface area contributed by atoms with E-state index < -0.39 is 6.09 Å². The zero-order valence-electron chi connectivity index (χ0n) is 17.0. The average Bonchev–Trinajstić information content (AvgIpc) is 3.05. The van der Waals surface area contributed by atoms with Crippen molar-refractivity contribution in [2.24, 2.45) is 0 Å². The van der Waals surface area contributed by atoms with Gasteiger partial charge in [-0.1, -0.05) is 20.3 Å². The van der Waals surface area contributed by atoms with E-state index in [0.717, 1.165) is 32.2 Å². The predicted molar refractivity (Wildman–Crippen MR) is 107 cm³/mol. The van der Waals surface area contributed by atoms with Crippen molar-refractivity contribution in [3.63, 3.8) is 0 Å². The second-order valence-corrected chi connectivity index (χ2v) is 8.21. The smallest absolute Gasteiger partial charge is 0.410 e. The summed E-state index contributed by atoms with van der Waals surface area (Å²) in [6, 6.07) is 5.94. The number of ether oxygens (including phenoxy) is 1. The maximum Gasteiger partial charge on any atom is 0.412 e. The van der Waals surface area contributed by atoms with E-state index in [1.807, 2.05) is 12.1 Å². The van der Waals surface area contributed by atoms with Crippen molar-refractivity contribution < 1.29 is 14.6 Å². The molecular weight excluding hydrogens is 342 g/mol. The molecule has 3 rings (SSSR count). The number of aliphatic hydroxyl groups excluding tert-OH is 1. The number of fused-ring (bicyclic) bond motifs is 3.